The molecule has 0 aromatic heterocycles. The lowest BCUT2D eigenvalue weighted by atomic mass is 10.1. The standard InChI is InChI=1S/C16H15ClFNO4S/c1-23-16(20)12-5-6-13(15(18)8-12)10-19(24(21)22)9-11-3-2-4-14(17)7-11/h2-8H,9-10H2,1H3,(H,21,22). The van der Waals surface area contributed by atoms with Crippen LogP contribution in [0.2, 0.25) is 5.02 Å². The largest absolute Gasteiger partial charge is 0.465 e. The first kappa shape index (κ1) is 18.5. The Labute approximate surface area is 146 Å². The zero-order chi connectivity index (χ0) is 17.7. The number of methoxy groups -OCH3 is 1. The number of esters is 1. The summed E-state index contributed by atoms with van der Waals surface area (Å²) in [5.74, 6) is -1.30. The Kier molecular flexibility index (Phi) is 6.44. The van der Waals surface area contributed by atoms with E-state index in [1.807, 2.05) is 0 Å². The van der Waals surface area contributed by atoms with Gasteiger partial charge in [0.1, 0.15) is 5.82 Å². The summed E-state index contributed by atoms with van der Waals surface area (Å²) in [5, 5.41) is 0.504. The minimum Gasteiger partial charge on any atom is -0.465 e. The summed E-state index contributed by atoms with van der Waals surface area (Å²) in [6.07, 6.45) is 0. The van der Waals surface area contributed by atoms with Crippen molar-refractivity contribution in [3.63, 3.8) is 0 Å². The van der Waals surface area contributed by atoms with Crippen LogP contribution in [0.3, 0.4) is 0 Å². The van der Waals surface area contributed by atoms with Crippen molar-refractivity contribution in [2.24, 2.45) is 0 Å². The lowest BCUT2D eigenvalue weighted by molar-refractivity contribution is 0.0600. The van der Waals surface area contributed by atoms with Crippen LogP contribution >= 0.6 is 11.6 Å². The van der Waals surface area contributed by atoms with Crippen LogP contribution in [0.1, 0.15) is 21.5 Å². The number of ether oxygens (including phenoxy) is 1. The first-order chi connectivity index (χ1) is 11.4. The Morgan fingerprint density at radius 1 is 1.29 bits per heavy atom. The third kappa shape index (κ3) is 4.85. The van der Waals surface area contributed by atoms with Crippen molar-refractivity contribution in [3.05, 3.63) is 70.0 Å². The summed E-state index contributed by atoms with van der Waals surface area (Å²) >= 11 is 3.59. The van der Waals surface area contributed by atoms with E-state index in [0.29, 0.717) is 5.02 Å². The number of carbonyl (C=O) groups is 1. The number of carbonyl (C=O) groups excluding carboxylic acids is 1. The van der Waals surface area contributed by atoms with E-state index < -0.39 is 23.1 Å². The van der Waals surface area contributed by atoms with Gasteiger partial charge in [-0.15, -0.1) is 0 Å². The number of hydrogen-bond acceptors (Lipinski definition) is 3. The molecule has 128 valence electrons. The van der Waals surface area contributed by atoms with Crippen LogP contribution in [0, 0.1) is 5.82 Å². The molecular weight excluding hydrogens is 357 g/mol. The fourth-order valence-electron chi connectivity index (χ4n) is 2.12. The molecule has 0 bridgehead atoms. The molecule has 2 aromatic carbocycles. The highest BCUT2D eigenvalue weighted by atomic mass is 35.5. The van der Waals surface area contributed by atoms with Crippen LogP contribution in [-0.4, -0.2) is 26.1 Å². The summed E-state index contributed by atoms with van der Waals surface area (Å²) in [6.45, 7) is 0.00474. The van der Waals surface area contributed by atoms with Gasteiger partial charge in [-0.25, -0.2) is 13.4 Å². The molecule has 0 fully saturated rings. The van der Waals surface area contributed by atoms with Crippen LogP contribution in [-0.2, 0) is 29.1 Å². The number of benzene rings is 2. The fourth-order valence-corrected chi connectivity index (χ4v) is 2.84. The third-order valence-corrected chi connectivity index (χ3v) is 4.22. The molecule has 0 radical (unpaired) electrons. The molecular formula is C16H15ClFNO4S. The van der Waals surface area contributed by atoms with Crippen molar-refractivity contribution in [3.8, 4) is 0 Å². The molecule has 24 heavy (non-hydrogen) atoms. The SMILES string of the molecule is COC(=O)c1ccc(CN(Cc2cccc(Cl)c2)S(=O)O)c(F)c1. The highest BCUT2D eigenvalue weighted by Crippen LogP contribution is 2.18. The Morgan fingerprint density at radius 2 is 2.04 bits per heavy atom. The summed E-state index contributed by atoms with van der Waals surface area (Å²) < 4.78 is 40.8. The van der Waals surface area contributed by atoms with Gasteiger partial charge in [-0.05, 0) is 29.8 Å². The Balaban J connectivity index is 2.19. The van der Waals surface area contributed by atoms with Crippen LogP contribution in [0.4, 0.5) is 4.39 Å². The molecule has 1 atom stereocenters. The molecule has 0 saturated heterocycles. The van der Waals surface area contributed by atoms with E-state index >= 15 is 0 Å². The van der Waals surface area contributed by atoms with Gasteiger partial charge in [0.05, 0.1) is 12.7 Å². The molecule has 0 aliphatic rings. The Bertz CT molecular complexity index is 771. The van der Waals surface area contributed by atoms with Crippen LogP contribution in [0.15, 0.2) is 42.5 Å². The molecule has 1 unspecified atom stereocenters. The minimum absolute atomic E-state index is 0.0743. The maximum Gasteiger partial charge on any atom is 0.337 e. The van der Waals surface area contributed by atoms with E-state index in [1.165, 1.54) is 23.5 Å². The van der Waals surface area contributed by atoms with E-state index in [-0.39, 0.29) is 24.2 Å². The zero-order valence-electron chi connectivity index (χ0n) is 12.7. The van der Waals surface area contributed by atoms with Crippen molar-refractivity contribution < 1.29 is 22.7 Å². The van der Waals surface area contributed by atoms with Gasteiger partial charge in [0.15, 0.2) is 0 Å². The molecule has 0 heterocycles. The van der Waals surface area contributed by atoms with E-state index in [0.717, 1.165) is 11.6 Å². The molecule has 0 amide bonds. The lowest BCUT2D eigenvalue weighted by Crippen LogP contribution is -2.25. The monoisotopic (exact) mass is 371 g/mol. The van der Waals surface area contributed by atoms with Gasteiger partial charge in [0, 0.05) is 23.7 Å². The quantitative estimate of drug-likeness (QED) is 0.624. The summed E-state index contributed by atoms with van der Waals surface area (Å²) in [4.78, 5) is 11.4. The van der Waals surface area contributed by atoms with Gasteiger partial charge < -0.3 is 4.74 Å². The highest BCUT2D eigenvalue weighted by Gasteiger charge is 2.17. The summed E-state index contributed by atoms with van der Waals surface area (Å²) in [6, 6.07) is 10.7. The normalized spacial score (nSPS) is 12.2. The maximum absolute atomic E-state index is 14.1. The molecule has 0 spiro atoms. The average molecular weight is 372 g/mol. The van der Waals surface area contributed by atoms with E-state index in [4.69, 9.17) is 11.6 Å². The van der Waals surface area contributed by atoms with Crippen molar-refractivity contribution in [1.82, 2.24) is 4.31 Å². The van der Waals surface area contributed by atoms with Gasteiger partial charge in [-0.3, -0.25) is 4.55 Å². The molecule has 0 aliphatic carbocycles. The molecule has 5 nitrogen and oxygen atoms in total. The van der Waals surface area contributed by atoms with Gasteiger partial charge in [0.25, 0.3) is 0 Å². The predicted octanol–water partition coefficient (Wildman–Crippen LogP) is 3.40. The highest BCUT2D eigenvalue weighted by molar-refractivity contribution is 7.76. The van der Waals surface area contributed by atoms with Crippen molar-refractivity contribution in [2.45, 2.75) is 13.1 Å². The number of rotatable bonds is 6. The minimum atomic E-state index is -2.30. The summed E-state index contributed by atoms with van der Waals surface area (Å²) in [7, 11) is 1.20. The van der Waals surface area contributed by atoms with Gasteiger partial charge in [-0.1, -0.05) is 29.8 Å². The van der Waals surface area contributed by atoms with Crippen LogP contribution in [0.5, 0.6) is 0 Å². The first-order valence-corrected chi connectivity index (χ1v) is 8.32. The molecule has 2 rings (SSSR count). The van der Waals surface area contributed by atoms with Crippen molar-refractivity contribution in [1.29, 1.82) is 0 Å². The third-order valence-electron chi connectivity index (χ3n) is 3.29. The van der Waals surface area contributed by atoms with Crippen LogP contribution in [0.25, 0.3) is 0 Å². The smallest absolute Gasteiger partial charge is 0.337 e. The van der Waals surface area contributed by atoms with Gasteiger partial charge >= 0.3 is 5.97 Å². The zero-order valence-corrected chi connectivity index (χ0v) is 14.3. The first-order valence-electron chi connectivity index (χ1n) is 6.88. The topological polar surface area (TPSA) is 66.8 Å². The van der Waals surface area contributed by atoms with Gasteiger partial charge in [-0.2, -0.15) is 4.31 Å². The Hall–Kier alpha value is -1.80. The number of nitrogens with zero attached hydrogens (tertiary/aromatic N) is 1. The second-order valence-electron chi connectivity index (χ2n) is 4.96. The molecule has 1 N–H and O–H groups in total. The lowest BCUT2D eigenvalue weighted by Gasteiger charge is -2.18. The second kappa shape index (κ2) is 8.34. The van der Waals surface area contributed by atoms with E-state index in [9.17, 15) is 17.9 Å². The average Bonchev–Trinajstić information content (AvgIpc) is 2.55. The fraction of sp³-hybridized carbons (Fsp3) is 0.188. The van der Waals surface area contributed by atoms with Crippen LogP contribution < -0.4 is 0 Å². The van der Waals surface area contributed by atoms with Gasteiger partial charge in [0.2, 0.25) is 11.3 Å². The Morgan fingerprint density at radius 3 is 2.62 bits per heavy atom. The molecule has 2 aromatic rings. The summed E-state index contributed by atoms with van der Waals surface area (Å²) in [5.41, 5.74) is 0.980. The van der Waals surface area contributed by atoms with Crippen molar-refractivity contribution >= 4 is 28.8 Å². The van der Waals surface area contributed by atoms with E-state index in [2.05, 4.69) is 4.74 Å². The molecule has 8 heteroatoms. The predicted molar refractivity (Wildman–Crippen MR) is 89.2 cm³/mol. The second-order valence-corrected chi connectivity index (χ2v) is 6.37. The van der Waals surface area contributed by atoms with Crippen molar-refractivity contribution in [2.75, 3.05) is 7.11 Å². The maximum atomic E-state index is 14.1. The molecule has 0 saturated carbocycles. The molecule has 0 aliphatic heterocycles. The number of halogens is 2. The van der Waals surface area contributed by atoms with E-state index in [1.54, 1.807) is 24.3 Å². The number of hydrogen-bond donors (Lipinski definition) is 1.